The molecular formula is C18H24N4O. The lowest BCUT2D eigenvalue weighted by molar-refractivity contribution is -0.132. The molecule has 0 saturated carbocycles. The lowest BCUT2D eigenvalue weighted by Gasteiger charge is -2.37. The van der Waals surface area contributed by atoms with Crippen LogP contribution in [0.3, 0.4) is 0 Å². The van der Waals surface area contributed by atoms with Crippen molar-refractivity contribution in [3.05, 3.63) is 53.9 Å². The molecule has 1 unspecified atom stereocenters. The van der Waals surface area contributed by atoms with Gasteiger partial charge in [-0.2, -0.15) is 5.10 Å². The first kappa shape index (κ1) is 15.7. The first-order valence-electron chi connectivity index (χ1n) is 8.20. The van der Waals surface area contributed by atoms with Crippen molar-refractivity contribution in [2.24, 2.45) is 0 Å². The molecule has 2 N–H and O–H groups in total. The minimum atomic E-state index is -0.590. The summed E-state index contributed by atoms with van der Waals surface area (Å²) in [6.45, 7) is 5.74. The Kier molecular flexibility index (Phi) is 4.48. The van der Waals surface area contributed by atoms with Crippen molar-refractivity contribution in [1.29, 1.82) is 0 Å². The number of nitrogens with one attached hydrogen (secondary N) is 2. The Labute approximate surface area is 137 Å². The largest absolute Gasteiger partial charge is 0.347 e. The second-order valence-electron chi connectivity index (χ2n) is 6.34. The summed E-state index contributed by atoms with van der Waals surface area (Å²) in [4.78, 5) is 13.1. The fourth-order valence-electron chi connectivity index (χ4n) is 3.19. The van der Waals surface area contributed by atoms with Gasteiger partial charge in [-0.05, 0) is 51.4 Å². The molecule has 0 aliphatic carbocycles. The van der Waals surface area contributed by atoms with E-state index in [1.165, 1.54) is 5.56 Å². The Morgan fingerprint density at radius 2 is 2.00 bits per heavy atom. The zero-order valence-electron chi connectivity index (χ0n) is 13.7. The van der Waals surface area contributed by atoms with Crippen LogP contribution < -0.4 is 10.6 Å². The van der Waals surface area contributed by atoms with E-state index in [0.29, 0.717) is 0 Å². The molecule has 1 saturated heterocycles. The number of benzene rings is 1. The van der Waals surface area contributed by atoms with Crippen molar-refractivity contribution in [3.8, 4) is 0 Å². The number of amides is 1. The zero-order valence-corrected chi connectivity index (χ0v) is 13.7. The van der Waals surface area contributed by atoms with Crippen molar-refractivity contribution < 1.29 is 4.79 Å². The average Bonchev–Trinajstić information content (AvgIpc) is 3.11. The molecule has 1 atom stereocenters. The molecule has 23 heavy (non-hydrogen) atoms. The van der Waals surface area contributed by atoms with Crippen LogP contribution in [0.2, 0.25) is 0 Å². The van der Waals surface area contributed by atoms with Gasteiger partial charge >= 0.3 is 0 Å². The summed E-state index contributed by atoms with van der Waals surface area (Å²) in [6, 6.07) is 10.1. The Morgan fingerprint density at radius 3 is 2.61 bits per heavy atom. The number of carbonyl (C=O) groups excluding carboxylic acids is 1. The molecule has 5 heteroatoms. The molecule has 0 radical (unpaired) electrons. The van der Waals surface area contributed by atoms with E-state index in [2.05, 4.69) is 46.9 Å². The third-order valence-corrected chi connectivity index (χ3v) is 4.72. The van der Waals surface area contributed by atoms with Crippen LogP contribution in [-0.4, -0.2) is 28.8 Å². The molecule has 0 spiro atoms. The number of carbonyl (C=O) groups is 1. The van der Waals surface area contributed by atoms with Crippen LogP contribution in [0.5, 0.6) is 0 Å². The molecule has 1 amide bonds. The summed E-state index contributed by atoms with van der Waals surface area (Å²) in [5.41, 5.74) is 1.75. The summed E-state index contributed by atoms with van der Waals surface area (Å²) >= 11 is 0. The van der Waals surface area contributed by atoms with Gasteiger partial charge in [-0.3, -0.25) is 9.48 Å². The zero-order chi connectivity index (χ0) is 16.3. The third kappa shape index (κ3) is 3.15. The van der Waals surface area contributed by atoms with Crippen molar-refractivity contribution in [2.45, 2.75) is 38.3 Å². The summed E-state index contributed by atoms with van der Waals surface area (Å²) in [7, 11) is 0. The van der Waals surface area contributed by atoms with Gasteiger partial charge in [-0.25, -0.2) is 0 Å². The van der Waals surface area contributed by atoms with Crippen LogP contribution in [0.15, 0.2) is 42.7 Å². The van der Waals surface area contributed by atoms with Gasteiger partial charge in [0.15, 0.2) is 0 Å². The number of rotatable bonds is 4. The van der Waals surface area contributed by atoms with Gasteiger partial charge in [-0.1, -0.05) is 29.8 Å². The highest BCUT2D eigenvalue weighted by molar-refractivity contribution is 5.85. The van der Waals surface area contributed by atoms with Crippen LogP contribution in [-0.2, 0) is 10.3 Å². The van der Waals surface area contributed by atoms with Crippen LogP contribution >= 0.6 is 0 Å². The van der Waals surface area contributed by atoms with E-state index < -0.39 is 5.54 Å². The molecule has 1 fully saturated rings. The summed E-state index contributed by atoms with van der Waals surface area (Å²) in [5, 5.41) is 10.9. The van der Waals surface area contributed by atoms with Gasteiger partial charge in [0.2, 0.25) is 5.91 Å². The number of hydrogen-bond acceptors (Lipinski definition) is 3. The number of nitrogens with zero attached hydrogens (tertiary/aromatic N) is 2. The Hall–Kier alpha value is -2.14. The maximum Gasteiger partial charge on any atom is 0.248 e. The van der Waals surface area contributed by atoms with Gasteiger partial charge < -0.3 is 10.6 Å². The van der Waals surface area contributed by atoms with Crippen molar-refractivity contribution >= 4 is 5.91 Å². The van der Waals surface area contributed by atoms with Gasteiger partial charge in [0.25, 0.3) is 0 Å². The predicted octanol–water partition coefficient (Wildman–Crippen LogP) is 2.15. The van der Waals surface area contributed by atoms with Crippen LogP contribution in [0.25, 0.3) is 0 Å². The lowest BCUT2D eigenvalue weighted by Crippen LogP contribution is -2.55. The SMILES string of the molecule is Cc1ccc(C(C)NC(=O)C2(n3cccn3)CCNCC2)cc1. The van der Waals surface area contributed by atoms with Gasteiger partial charge in [0.1, 0.15) is 5.54 Å². The standard InChI is InChI=1S/C18H24N4O/c1-14-4-6-16(7-5-14)15(2)21-17(23)18(8-11-19-12-9-18)22-13-3-10-20-22/h3-7,10,13,15,19H,8-9,11-12H2,1-2H3,(H,21,23). The lowest BCUT2D eigenvalue weighted by atomic mass is 9.87. The van der Waals surface area contributed by atoms with E-state index >= 15 is 0 Å². The summed E-state index contributed by atoms with van der Waals surface area (Å²) in [6.07, 6.45) is 5.13. The van der Waals surface area contributed by atoms with E-state index in [4.69, 9.17) is 0 Å². The van der Waals surface area contributed by atoms with E-state index in [1.54, 1.807) is 6.20 Å². The molecule has 5 nitrogen and oxygen atoms in total. The van der Waals surface area contributed by atoms with E-state index in [1.807, 2.05) is 23.9 Å². The van der Waals surface area contributed by atoms with Gasteiger partial charge in [0, 0.05) is 12.4 Å². The summed E-state index contributed by atoms with van der Waals surface area (Å²) in [5.74, 6) is 0.0516. The first-order chi connectivity index (χ1) is 11.1. The third-order valence-electron chi connectivity index (χ3n) is 4.72. The molecule has 3 rings (SSSR count). The fraction of sp³-hybridized carbons (Fsp3) is 0.444. The molecule has 2 aromatic rings. The second kappa shape index (κ2) is 6.54. The van der Waals surface area contributed by atoms with E-state index in [-0.39, 0.29) is 11.9 Å². The topological polar surface area (TPSA) is 59.0 Å². The molecule has 0 bridgehead atoms. The maximum atomic E-state index is 13.1. The maximum absolute atomic E-state index is 13.1. The highest BCUT2D eigenvalue weighted by atomic mass is 16.2. The Bertz CT molecular complexity index is 642. The fourth-order valence-corrected chi connectivity index (χ4v) is 3.19. The molecule has 2 heterocycles. The molecule has 1 aromatic heterocycles. The van der Waals surface area contributed by atoms with Crippen LogP contribution in [0.4, 0.5) is 0 Å². The monoisotopic (exact) mass is 312 g/mol. The van der Waals surface area contributed by atoms with E-state index in [9.17, 15) is 4.79 Å². The normalized spacial score (nSPS) is 18.3. The van der Waals surface area contributed by atoms with Gasteiger partial charge in [0.05, 0.1) is 6.04 Å². The number of aromatic nitrogens is 2. The summed E-state index contributed by atoms with van der Waals surface area (Å²) < 4.78 is 1.82. The number of aryl methyl sites for hydroxylation is 1. The van der Waals surface area contributed by atoms with Crippen molar-refractivity contribution in [3.63, 3.8) is 0 Å². The highest BCUT2D eigenvalue weighted by Crippen LogP contribution is 2.28. The molecular weight excluding hydrogens is 288 g/mol. The highest BCUT2D eigenvalue weighted by Gasteiger charge is 2.42. The minimum absolute atomic E-state index is 0.0228. The number of piperidine rings is 1. The quantitative estimate of drug-likeness (QED) is 0.909. The smallest absolute Gasteiger partial charge is 0.248 e. The molecule has 122 valence electrons. The molecule has 1 aliphatic heterocycles. The Balaban J connectivity index is 1.80. The predicted molar refractivity (Wildman–Crippen MR) is 90.0 cm³/mol. The minimum Gasteiger partial charge on any atom is -0.347 e. The van der Waals surface area contributed by atoms with Crippen LogP contribution in [0, 0.1) is 6.92 Å². The molecule has 1 aliphatic rings. The number of hydrogen-bond donors (Lipinski definition) is 2. The van der Waals surface area contributed by atoms with Crippen molar-refractivity contribution in [1.82, 2.24) is 20.4 Å². The van der Waals surface area contributed by atoms with E-state index in [0.717, 1.165) is 31.5 Å². The van der Waals surface area contributed by atoms with Gasteiger partial charge in [-0.15, -0.1) is 0 Å². The first-order valence-corrected chi connectivity index (χ1v) is 8.20. The van der Waals surface area contributed by atoms with Crippen LogP contribution in [0.1, 0.15) is 36.9 Å². The van der Waals surface area contributed by atoms with Crippen molar-refractivity contribution in [2.75, 3.05) is 13.1 Å². The Morgan fingerprint density at radius 1 is 1.30 bits per heavy atom. The second-order valence-corrected chi connectivity index (χ2v) is 6.34. The average molecular weight is 312 g/mol. The molecule has 1 aromatic carbocycles.